The fraction of sp³-hybridized carbons (Fsp3) is 0. The van der Waals surface area contributed by atoms with Gasteiger partial charge in [-0.2, -0.15) is 0 Å². The van der Waals surface area contributed by atoms with E-state index in [2.05, 4.69) is 0 Å². The van der Waals surface area contributed by atoms with Crippen molar-refractivity contribution in [3.05, 3.63) is 0 Å². The Morgan fingerprint density at radius 1 is 1.14 bits per heavy atom. The fourth-order valence-corrected chi connectivity index (χ4v) is 0. The van der Waals surface area contributed by atoms with E-state index in [-0.39, 0.29) is 154 Å². The smallest absolute Gasteiger partial charge is 0 e. The van der Waals surface area contributed by atoms with Crippen LogP contribution in [0.15, 0.2) is 0 Å². The molecule has 0 aliphatic heterocycles. The zero-order valence-electron chi connectivity index (χ0n) is 3.48. The van der Waals surface area contributed by atoms with Crippen LogP contribution in [0, 0.1) is 0 Å². The molecule has 0 saturated heterocycles. The van der Waals surface area contributed by atoms with Crippen LogP contribution in [0.5, 0.6) is 0 Å². The minimum absolute atomic E-state index is 0. The molecule has 0 spiro atoms. The zero-order chi connectivity index (χ0) is 2.00. The monoisotopic (exact) mass is 808 g/mol. The maximum absolute atomic E-state index is 8.33. The van der Waals surface area contributed by atoms with Gasteiger partial charge in [0.2, 0.25) is 0 Å². The molecule has 0 N–H and O–H groups in total. The largest absolute Gasteiger partial charge is 0 e. The molecule has 0 aromatic carbocycles. The van der Waals surface area contributed by atoms with Crippen molar-refractivity contribution in [3.8, 4) is 0 Å². The van der Waals surface area contributed by atoms with Gasteiger partial charge in [-0.15, -0.1) is 0 Å². The van der Waals surface area contributed by atoms with E-state index in [1.165, 1.54) is 0 Å². The van der Waals surface area contributed by atoms with Gasteiger partial charge in [0, 0.05) is 154 Å². The number of hydrogen-bond donors (Lipinski definition) is 0. The van der Waals surface area contributed by atoms with Crippen LogP contribution in [-0.2, 0) is 40.2 Å². The summed E-state index contributed by atoms with van der Waals surface area (Å²) in [6.07, 6.45) is 0. The Hall–Kier alpha value is 5.55. The average molecular weight is 807 g/mol. The Morgan fingerprint density at radius 3 is 1.14 bits per heavy atom. The maximum Gasteiger partial charge on any atom is 0 e. The van der Waals surface area contributed by atoms with Crippen molar-refractivity contribution < 1.29 is 40.2 Å². The van der Waals surface area contributed by atoms with Gasteiger partial charge in [-0.1, -0.05) is 0 Å². The van der Waals surface area contributed by atoms with Crippen LogP contribution >= 0.6 is 0 Å². The standard InChI is InChI=1S/Bi.Ca.Cu.O.Pb.Sr.W. The van der Waals surface area contributed by atoms with Crippen LogP contribution in [-0.4, -0.2) is 137 Å². The summed E-state index contributed by atoms with van der Waals surface area (Å²) < 4.78 is 8.33. The third-order valence-corrected chi connectivity index (χ3v) is 0. The van der Waals surface area contributed by atoms with Gasteiger partial charge in [0.1, 0.15) is 0 Å². The summed E-state index contributed by atoms with van der Waals surface area (Å²) in [5.41, 5.74) is 0. The first-order chi connectivity index (χ1) is 1.00. The molecule has 0 aliphatic rings. The molecule has 36 valence electrons. The number of hydrogen-bond acceptors (Lipinski definition) is 1. The topological polar surface area (TPSA) is 17.1 Å². The Labute approximate surface area is 172 Å². The van der Waals surface area contributed by atoms with Crippen molar-refractivity contribution in [2.75, 3.05) is 0 Å². The first kappa shape index (κ1) is 39.0. The van der Waals surface area contributed by atoms with Crippen LogP contribution in [0.25, 0.3) is 0 Å². The summed E-state index contributed by atoms with van der Waals surface area (Å²) in [5, 5.41) is 0. The minimum atomic E-state index is 0. The molecule has 0 rings (SSSR count). The van der Waals surface area contributed by atoms with Crippen molar-refractivity contribution >= 4 is 137 Å². The summed E-state index contributed by atoms with van der Waals surface area (Å²) in [6, 6.07) is 0. The predicted octanol–water partition coefficient (Wildman–Crippen LogP) is -1.65. The number of rotatable bonds is 0. The first-order valence-corrected chi connectivity index (χ1v) is 1.36. The summed E-state index contributed by atoms with van der Waals surface area (Å²) in [7, 11) is 0. The molecule has 0 saturated carbocycles. The molecule has 1 nitrogen and oxygen atoms in total. The van der Waals surface area contributed by atoms with Crippen molar-refractivity contribution in [2.24, 2.45) is 0 Å². The second-order valence-corrected chi connectivity index (χ2v) is 0. The molecule has 0 unspecified atom stereocenters. The quantitative estimate of drug-likeness (QED) is 0.269. The van der Waals surface area contributed by atoms with Crippen molar-refractivity contribution in [3.63, 3.8) is 0 Å². The van der Waals surface area contributed by atoms with Gasteiger partial charge >= 0.3 is 23.2 Å². The normalized spacial score (nSPS) is 0.571. The van der Waals surface area contributed by atoms with Crippen LogP contribution in [0.3, 0.4) is 0 Å². The Morgan fingerprint density at radius 2 is 1.14 bits per heavy atom. The van der Waals surface area contributed by atoms with Gasteiger partial charge in [0.25, 0.3) is 0 Å². The van der Waals surface area contributed by atoms with E-state index in [4.69, 9.17) is 3.40 Å². The first-order valence-electron chi connectivity index (χ1n) is 0.167. The van der Waals surface area contributed by atoms with Gasteiger partial charge in [-0.05, 0) is 0 Å². The predicted molar refractivity (Wildman–Crippen MR) is 23.7 cm³/mol. The van der Waals surface area contributed by atoms with Crippen LogP contribution in [0.2, 0.25) is 0 Å². The fourth-order valence-electron chi connectivity index (χ4n) is 0. The molecule has 0 aliphatic carbocycles. The van der Waals surface area contributed by atoms with Gasteiger partial charge in [0.05, 0.1) is 0 Å². The SMILES string of the molecule is [Bi].[Ca].[Cu].[O]=[W].[Pb].[Sr]. The summed E-state index contributed by atoms with van der Waals surface area (Å²) in [6.45, 7) is 0. The third-order valence-electron chi connectivity index (χ3n) is 0. The third kappa shape index (κ3) is 34.2. The maximum atomic E-state index is 8.33. The van der Waals surface area contributed by atoms with E-state index in [0.717, 1.165) is 0 Å². The molecule has 0 bridgehead atoms. The molecule has 7 heavy (non-hydrogen) atoms. The molecule has 0 amide bonds. The van der Waals surface area contributed by atoms with E-state index in [0.29, 0.717) is 19.8 Å². The molecule has 0 aromatic heterocycles. The molecular weight excluding hydrogens is 807 g/mol. The zero-order valence-corrected chi connectivity index (χ0v) is 20.4. The van der Waals surface area contributed by atoms with E-state index >= 15 is 0 Å². The summed E-state index contributed by atoms with van der Waals surface area (Å²) >= 11 is 0.333. The molecular formula is BiCaCuOPbSrW. The van der Waals surface area contributed by atoms with Gasteiger partial charge in [-0.25, -0.2) is 0 Å². The van der Waals surface area contributed by atoms with Crippen molar-refractivity contribution in [2.45, 2.75) is 0 Å². The van der Waals surface area contributed by atoms with Crippen LogP contribution < -0.4 is 0 Å². The molecule has 0 fully saturated rings. The minimum Gasteiger partial charge on any atom is 0 e. The Kier molecular flexibility index (Phi) is 233. The Bertz CT molecular complexity index is 19.7. The van der Waals surface area contributed by atoms with Gasteiger partial charge in [-0.3, -0.25) is 0 Å². The molecule has 0 heterocycles. The van der Waals surface area contributed by atoms with Crippen molar-refractivity contribution in [1.29, 1.82) is 0 Å². The van der Waals surface area contributed by atoms with Crippen molar-refractivity contribution in [1.82, 2.24) is 0 Å². The van der Waals surface area contributed by atoms with E-state index in [1.807, 2.05) is 0 Å². The molecule has 0 aromatic rings. The average Bonchev–Trinajstić information content (AvgIpc) is 1.00. The van der Waals surface area contributed by atoms with Gasteiger partial charge in [0.15, 0.2) is 0 Å². The van der Waals surface area contributed by atoms with Gasteiger partial charge < -0.3 is 0 Å². The second kappa shape index (κ2) is 41.7. The second-order valence-electron chi connectivity index (χ2n) is 0. The Balaban J connectivity index is -0.000000000500. The molecule has 12 radical (unpaired) electrons. The summed E-state index contributed by atoms with van der Waals surface area (Å²) in [5.74, 6) is 0. The van der Waals surface area contributed by atoms with E-state index in [1.54, 1.807) is 0 Å². The molecule has 7 heteroatoms. The van der Waals surface area contributed by atoms with E-state index < -0.39 is 0 Å². The van der Waals surface area contributed by atoms with Crippen LogP contribution in [0.4, 0.5) is 0 Å². The summed E-state index contributed by atoms with van der Waals surface area (Å²) in [4.78, 5) is 0. The van der Waals surface area contributed by atoms with Crippen LogP contribution in [0.1, 0.15) is 0 Å². The molecule has 0 atom stereocenters. The van der Waals surface area contributed by atoms with E-state index in [9.17, 15) is 0 Å².